The maximum absolute atomic E-state index is 13.1. The summed E-state index contributed by atoms with van der Waals surface area (Å²) in [5, 5.41) is 9.26. The van der Waals surface area contributed by atoms with Crippen molar-refractivity contribution in [3.63, 3.8) is 0 Å². The standard InChI is InChI=1S/C22H27BrF3N7O4/c1-36-11-14(30-16-10-29-31-19(34)18(16)23)12-37-17-4-7-33(20(17)35)15-2-5-32(6-3-15)21-27-8-13(9-28-21)22(24,25)26/h8-10,14-15,17H,2-7,11-12H2,1H3,(H2,30,31,34)/t14-,17+/m0/s1. The van der Waals surface area contributed by atoms with Gasteiger partial charge in [0.25, 0.3) is 11.5 Å². The van der Waals surface area contributed by atoms with Gasteiger partial charge in [0.2, 0.25) is 5.95 Å². The number of rotatable bonds is 9. The van der Waals surface area contributed by atoms with Crippen LogP contribution in [0.1, 0.15) is 24.8 Å². The number of piperidine rings is 1. The summed E-state index contributed by atoms with van der Waals surface area (Å²) in [7, 11) is 1.55. The number of halogens is 4. The van der Waals surface area contributed by atoms with Gasteiger partial charge in [0.05, 0.1) is 36.7 Å². The van der Waals surface area contributed by atoms with E-state index in [4.69, 9.17) is 9.47 Å². The molecule has 0 unspecified atom stereocenters. The molecule has 11 nitrogen and oxygen atoms in total. The zero-order valence-corrected chi connectivity index (χ0v) is 21.6. The Bertz CT molecular complexity index is 1130. The van der Waals surface area contributed by atoms with Crippen LogP contribution < -0.4 is 15.8 Å². The van der Waals surface area contributed by atoms with E-state index in [1.54, 1.807) is 7.11 Å². The lowest BCUT2D eigenvalue weighted by molar-refractivity contribution is -0.140. The molecule has 0 radical (unpaired) electrons. The van der Waals surface area contributed by atoms with E-state index in [2.05, 4.69) is 41.4 Å². The second-order valence-corrected chi connectivity index (χ2v) is 9.65. The predicted octanol–water partition coefficient (Wildman–Crippen LogP) is 2.05. The first-order valence-electron chi connectivity index (χ1n) is 11.7. The molecule has 0 saturated carbocycles. The summed E-state index contributed by atoms with van der Waals surface area (Å²) in [6.07, 6.45) is -0.155. The topological polar surface area (TPSA) is 126 Å². The molecule has 1 amide bonds. The van der Waals surface area contributed by atoms with Crippen LogP contribution in [0.25, 0.3) is 0 Å². The molecule has 0 aliphatic carbocycles. The highest BCUT2D eigenvalue weighted by Crippen LogP contribution is 2.29. The van der Waals surface area contributed by atoms with Gasteiger partial charge in [0, 0.05) is 51.6 Å². The van der Waals surface area contributed by atoms with Crippen LogP contribution in [0.15, 0.2) is 27.9 Å². The number of carbonyl (C=O) groups is 1. The number of carbonyl (C=O) groups excluding carboxylic acids is 1. The summed E-state index contributed by atoms with van der Waals surface area (Å²) in [4.78, 5) is 36.2. The van der Waals surface area contributed by atoms with Crippen LogP contribution in [0.2, 0.25) is 0 Å². The number of H-pyrrole nitrogens is 1. The summed E-state index contributed by atoms with van der Waals surface area (Å²) in [6, 6.07) is -0.309. The monoisotopic (exact) mass is 589 g/mol. The third-order valence-corrected chi connectivity index (χ3v) is 7.15. The fraction of sp³-hybridized carbons (Fsp3) is 0.591. The lowest BCUT2D eigenvalue weighted by Gasteiger charge is -2.36. The Morgan fingerprint density at radius 1 is 1.14 bits per heavy atom. The van der Waals surface area contributed by atoms with Gasteiger partial charge in [0.15, 0.2) is 0 Å². The van der Waals surface area contributed by atoms with Crippen LogP contribution in [0.4, 0.5) is 24.8 Å². The number of anilines is 2. The zero-order chi connectivity index (χ0) is 26.6. The summed E-state index contributed by atoms with van der Waals surface area (Å²) in [5.74, 6) is 0.165. The highest BCUT2D eigenvalue weighted by atomic mass is 79.9. The van der Waals surface area contributed by atoms with Gasteiger partial charge in [-0.2, -0.15) is 18.3 Å². The summed E-state index contributed by atoms with van der Waals surface area (Å²) in [6.45, 7) is 2.10. The number of alkyl halides is 3. The lowest BCUT2D eigenvalue weighted by Crippen LogP contribution is -2.47. The molecule has 37 heavy (non-hydrogen) atoms. The molecular weight excluding hydrogens is 563 g/mol. The Kier molecular flexibility index (Phi) is 8.64. The summed E-state index contributed by atoms with van der Waals surface area (Å²) >= 11 is 3.22. The van der Waals surface area contributed by atoms with Crippen molar-refractivity contribution in [2.45, 2.75) is 43.6 Å². The molecule has 4 heterocycles. The molecule has 2 aliphatic rings. The fourth-order valence-corrected chi connectivity index (χ4v) is 4.78. The average molecular weight is 590 g/mol. The second-order valence-electron chi connectivity index (χ2n) is 8.85. The smallest absolute Gasteiger partial charge is 0.382 e. The van der Waals surface area contributed by atoms with Gasteiger partial charge in [-0.3, -0.25) is 9.59 Å². The van der Waals surface area contributed by atoms with Gasteiger partial charge in [-0.05, 0) is 28.8 Å². The molecule has 2 aromatic heterocycles. The summed E-state index contributed by atoms with van der Waals surface area (Å²) in [5.41, 5.74) is -0.776. The Labute approximate surface area is 218 Å². The quantitative estimate of drug-likeness (QED) is 0.452. The number of hydrogen-bond acceptors (Lipinski definition) is 9. The first-order chi connectivity index (χ1) is 17.7. The number of amides is 1. The highest BCUT2D eigenvalue weighted by Gasteiger charge is 2.38. The van der Waals surface area contributed by atoms with Crippen molar-refractivity contribution in [2.24, 2.45) is 0 Å². The lowest BCUT2D eigenvalue weighted by atomic mass is 10.0. The van der Waals surface area contributed by atoms with Crippen LogP contribution in [-0.4, -0.2) is 89.1 Å². The van der Waals surface area contributed by atoms with Crippen molar-refractivity contribution in [1.29, 1.82) is 0 Å². The minimum Gasteiger partial charge on any atom is -0.382 e. The maximum Gasteiger partial charge on any atom is 0.419 e. The van der Waals surface area contributed by atoms with Crippen molar-refractivity contribution in [2.75, 3.05) is 50.2 Å². The molecule has 4 rings (SSSR count). The van der Waals surface area contributed by atoms with Crippen molar-refractivity contribution < 1.29 is 27.4 Å². The predicted molar refractivity (Wildman–Crippen MR) is 130 cm³/mol. The molecule has 2 saturated heterocycles. The number of nitrogens with zero attached hydrogens (tertiary/aromatic N) is 5. The van der Waals surface area contributed by atoms with E-state index < -0.39 is 17.8 Å². The molecule has 0 aromatic carbocycles. The van der Waals surface area contributed by atoms with Gasteiger partial charge in [-0.25, -0.2) is 15.1 Å². The van der Waals surface area contributed by atoms with Gasteiger partial charge in [-0.15, -0.1) is 0 Å². The van der Waals surface area contributed by atoms with E-state index in [0.717, 1.165) is 12.4 Å². The number of aromatic amines is 1. The Hall–Kier alpha value is -2.78. The molecule has 2 aromatic rings. The largest absolute Gasteiger partial charge is 0.419 e. The minimum absolute atomic E-state index is 0.0118. The molecule has 15 heteroatoms. The number of ether oxygens (including phenoxy) is 2. The van der Waals surface area contributed by atoms with E-state index in [-0.39, 0.29) is 42.7 Å². The van der Waals surface area contributed by atoms with Crippen LogP contribution in [0, 0.1) is 0 Å². The minimum atomic E-state index is -4.48. The van der Waals surface area contributed by atoms with Crippen LogP contribution in [0.3, 0.4) is 0 Å². The van der Waals surface area contributed by atoms with Crippen molar-refractivity contribution in [3.8, 4) is 0 Å². The summed E-state index contributed by atoms with van der Waals surface area (Å²) < 4.78 is 49.8. The van der Waals surface area contributed by atoms with Crippen molar-refractivity contribution >= 4 is 33.5 Å². The van der Waals surface area contributed by atoms with Gasteiger partial charge >= 0.3 is 6.18 Å². The van der Waals surface area contributed by atoms with Crippen LogP contribution >= 0.6 is 15.9 Å². The molecule has 2 aliphatic heterocycles. The maximum atomic E-state index is 13.1. The third kappa shape index (κ3) is 6.57. The van der Waals surface area contributed by atoms with Gasteiger partial charge in [0.1, 0.15) is 10.6 Å². The van der Waals surface area contributed by atoms with E-state index >= 15 is 0 Å². The first kappa shape index (κ1) is 27.3. The molecule has 0 bridgehead atoms. The Balaban J connectivity index is 1.28. The number of hydrogen-bond donors (Lipinski definition) is 2. The second kappa shape index (κ2) is 11.7. The van der Waals surface area contributed by atoms with Crippen molar-refractivity contribution in [3.05, 3.63) is 39.0 Å². The van der Waals surface area contributed by atoms with Gasteiger partial charge < -0.3 is 24.6 Å². The number of nitrogens with one attached hydrogen (secondary N) is 2. The van der Waals surface area contributed by atoms with Crippen LogP contribution in [-0.2, 0) is 20.4 Å². The molecular formula is C22H27BrF3N7O4. The number of aromatic nitrogens is 4. The fourth-order valence-electron chi connectivity index (χ4n) is 4.47. The SMILES string of the molecule is COC[C@@H](CO[C@@H]1CCN(C2CCN(c3ncc(C(F)(F)F)cn3)CC2)C1=O)Nc1cn[nH]c(=O)c1Br. The number of methoxy groups -OCH3 is 1. The Morgan fingerprint density at radius 2 is 1.84 bits per heavy atom. The molecule has 0 spiro atoms. The Morgan fingerprint density at radius 3 is 2.49 bits per heavy atom. The highest BCUT2D eigenvalue weighted by molar-refractivity contribution is 9.10. The molecule has 2 atom stereocenters. The normalized spacial score (nSPS) is 19.9. The van der Waals surface area contributed by atoms with E-state index in [0.29, 0.717) is 49.1 Å². The average Bonchev–Trinajstić information content (AvgIpc) is 3.25. The molecule has 2 fully saturated rings. The molecule has 2 N–H and O–H groups in total. The van der Waals surface area contributed by atoms with Gasteiger partial charge in [-0.1, -0.05) is 0 Å². The zero-order valence-electron chi connectivity index (χ0n) is 20.0. The third-order valence-electron chi connectivity index (χ3n) is 6.37. The number of likely N-dealkylation sites (tertiary alicyclic amines) is 1. The van der Waals surface area contributed by atoms with E-state index in [1.807, 2.05) is 9.80 Å². The van der Waals surface area contributed by atoms with E-state index in [9.17, 15) is 22.8 Å². The van der Waals surface area contributed by atoms with Crippen molar-refractivity contribution in [1.82, 2.24) is 25.1 Å². The van der Waals surface area contributed by atoms with Crippen LogP contribution in [0.5, 0.6) is 0 Å². The first-order valence-corrected chi connectivity index (χ1v) is 12.5. The van der Waals surface area contributed by atoms with E-state index in [1.165, 1.54) is 6.20 Å². The molecule has 202 valence electrons.